The van der Waals surface area contributed by atoms with Crippen LogP contribution in [-0.2, 0) is 16.0 Å². The van der Waals surface area contributed by atoms with Crippen LogP contribution in [0.15, 0.2) is 54.6 Å². The molecule has 0 unspecified atom stereocenters. The molecular formula is C20H23FN2O2. The number of nitrogens with one attached hydrogen (secondary N) is 1. The first kappa shape index (κ1) is 18.6. The van der Waals surface area contributed by atoms with Crippen LogP contribution >= 0.6 is 0 Å². The Balaban J connectivity index is 1.76. The van der Waals surface area contributed by atoms with E-state index in [1.54, 1.807) is 12.1 Å². The summed E-state index contributed by atoms with van der Waals surface area (Å²) >= 11 is 0. The van der Waals surface area contributed by atoms with E-state index in [2.05, 4.69) is 17.4 Å². The lowest BCUT2D eigenvalue weighted by Gasteiger charge is -2.21. The zero-order chi connectivity index (χ0) is 18.1. The van der Waals surface area contributed by atoms with E-state index in [0.29, 0.717) is 6.54 Å². The summed E-state index contributed by atoms with van der Waals surface area (Å²) in [5.74, 6) is -0.904. The minimum absolute atomic E-state index is 0.138. The van der Waals surface area contributed by atoms with Crippen LogP contribution in [0, 0.1) is 5.82 Å². The lowest BCUT2D eigenvalue weighted by Crippen LogP contribution is -2.34. The van der Waals surface area contributed by atoms with E-state index < -0.39 is 5.82 Å². The van der Waals surface area contributed by atoms with Gasteiger partial charge in [-0.2, -0.15) is 0 Å². The normalized spacial score (nSPS) is 10.3. The molecule has 5 heteroatoms. The van der Waals surface area contributed by atoms with Gasteiger partial charge in [0, 0.05) is 26.4 Å². The van der Waals surface area contributed by atoms with Crippen molar-refractivity contribution in [2.45, 2.75) is 26.2 Å². The van der Waals surface area contributed by atoms with Gasteiger partial charge < -0.3 is 10.2 Å². The number of para-hydroxylation sites is 1. The largest absolute Gasteiger partial charge is 0.356 e. The molecule has 2 amide bonds. The second kappa shape index (κ2) is 9.57. The van der Waals surface area contributed by atoms with Gasteiger partial charge in [-0.05, 0) is 30.5 Å². The highest BCUT2D eigenvalue weighted by molar-refractivity contribution is 5.92. The molecule has 2 aromatic carbocycles. The molecule has 4 nitrogen and oxygen atoms in total. The van der Waals surface area contributed by atoms with Crippen molar-refractivity contribution in [1.82, 2.24) is 5.32 Å². The maximum absolute atomic E-state index is 13.8. The van der Waals surface area contributed by atoms with Gasteiger partial charge in [0.05, 0.1) is 5.69 Å². The lowest BCUT2D eigenvalue weighted by molar-refractivity contribution is -0.121. The molecule has 1 N–H and O–H groups in total. The molecule has 0 bridgehead atoms. The van der Waals surface area contributed by atoms with E-state index >= 15 is 0 Å². The van der Waals surface area contributed by atoms with Crippen molar-refractivity contribution < 1.29 is 14.0 Å². The van der Waals surface area contributed by atoms with Crippen LogP contribution in [0.3, 0.4) is 0 Å². The molecule has 0 spiro atoms. The highest BCUT2D eigenvalue weighted by Crippen LogP contribution is 2.19. The minimum atomic E-state index is -0.471. The fraction of sp³-hybridized carbons (Fsp3) is 0.300. The number of carbonyl (C=O) groups is 2. The number of anilines is 1. The topological polar surface area (TPSA) is 49.4 Å². The molecule has 132 valence electrons. The average molecular weight is 342 g/mol. The SMILES string of the molecule is CC(=O)N(CCC(=O)NCCCc1ccccc1)c1ccccc1F. The molecule has 2 aromatic rings. The second-order valence-electron chi connectivity index (χ2n) is 5.81. The van der Waals surface area contributed by atoms with E-state index in [0.717, 1.165) is 12.8 Å². The molecular weight excluding hydrogens is 319 g/mol. The molecule has 0 aliphatic heterocycles. The van der Waals surface area contributed by atoms with Crippen LogP contribution in [0.5, 0.6) is 0 Å². The van der Waals surface area contributed by atoms with Crippen LogP contribution in [0.4, 0.5) is 10.1 Å². The number of amides is 2. The Kier molecular flexibility index (Phi) is 7.14. The van der Waals surface area contributed by atoms with Gasteiger partial charge in [-0.25, -0.2) is 4.39 Å². The van der Waals surface area contributed by atoms with E-state index in [4.69, 9.17) is 0 Å². The van der Waals surface area contributed by atoms with Crippen molar-refractivity contribution in [2.75, 3.05) is 18.0 Å². The van der Waals surface area contributed by atoms with Crippen LogP contribution in [0.1, 0.15) is 25.3 Å². The Morgan fingerprint density at radius 1 is 1.04 bits per heavy atom. The molecule has 0 aromatic heterocycles. The molecule has 0 aliphatic carbocycles. The summed E-state index contributed by atoms with van der Waals surface area (Å²) in [6.45, 7) is 2.10. The molecule has 0 atom stereocenters. The number of nitrogens with zero attached hydrogens (tertiary/aromatic N) is 1. The molecule has 25 heavy (non-hydrogen) atoms. The lowest BCUT2D eigenvalue weighted by atomic mass is 10.1. The third-order valence-corrected chi connectivity index (χ3v) is 3.89. The predicted octanol–water partition coefficient (Wildman–Crippen LogP) is 3.32. The minimum Gasteiger partial charge on any atom is -0.356 e. The summed E-state index contributed by atoms with van der Waals surface area (Å²) in [6.07, 6.45) is 1.88. The number of rotatable bonds is 8. The Labute approximate surface area is 147 Å². The van der Waals surface area contributed by atoms with Gasteiger partial charge in [0.1, 0.15) is 5.82 Å². The van der Waals surface area contributed by atoms with Crippen LogP contribution in [0.2, 0.25) is 0 Å². The van der Waals surface area contributed by atoms with Gasteiger partial charge in [0.2, 0.25) is 11.8 Å². The van der Waals surface area contributed by atoms with Crippen molar-refractivity contribution in [1.29, 1.82) is 0 Å². The predicted molar refractivity (Wildman–Crippen MR) is 96.8 cm³/mol. The van der Waals surface area contributed by atoms with Crippen LogP contribution in [0.25, 0.3) is 0 Å². The summed E-state index contributed by atoms with van der Waals surface area (Å²) in [5, 5.41) is 2.84. The summed E-state index contributed by atoms with van der Waals surface area (Å²) in [4.78, 5) is 25.0. The first-order valence-electron chi connectivity index (χ1n) is 8.41. The summed E-state index contributed by atoms with van der Waals surface area (Å²) in [7, 11) is 0. The summed E-state index contributed by atoms with van der Waals surface area (Å²) in [6, 6.07) is 16.1. The second-order valence-corrected chi connectivity index (χ2v) is 5.81. The van der Waals surface area contributed by atoms with E-state index in [1.807, 2.05) is 18.2 Å². The number of aryl methyl sites for hydroxylation is 1. The first-order valence-corrected chi connectivity index (χ1v) is 8.41. The monoisotopic (exact) mass is 342 g/mol. The van der Waals surface area contributed by atoms with Gasteiger partial charge in [0.15, 0.2) is 0 Å². The zero-order valence-electron chi connectivity index (χ0n) is 14.4. The van der Waals surface area contributed by atoms with Crippen molar-refractivity contribution >= 4 is 17.5 Å². The highest BCUT2D eigenvalue weighted by Gasteiger charge is 2.16. The maximum atomic E-state index is 13.8. The third kappa shape index (κ3) is 6.03. The van der Waals surface area contributed by atoms with Gasteiger partial charge in [-0.3, -0.25) is 9.59 Å². The summed E-state index contributed by atoms with van der Waals surface area (Å²) in [5.41, 5.74) is 1.44. The van der Waals surface area contributed by atoms with Crippen molar-refractivity contribution in [2.24, 2.45) is 0 Å². The maximum Gasteiger partial charge on any atom is 0.223 e. The summed E-state index contributed by atoms with van der Waals surface area (Å²) < 4.78 is 13.8. The number of carbonyl (C=O) groups excluding carboxylic acids is 2. The molecule has 0 radical (unpaired) electrons. The van der Waals surface area contributed by atoms with Crippen molar-refractivity contribution in [3.8, 4) is 0 Å². The van der Waals surface area contributed by atoms with Gasteiger partial charge in [-0.1, -0.05) is 42.5 Å². The molecule has 0 aliphatic rings. The number of halogens is 1. The molecule has 2 rings (SSSR count). The van der Waals surface area contributed by atoms with Gasteiger partial charge >= 0.3 is 0 Å². The molecule has 0 fully saturated rings. The average Bonchev–Trinajstić information content (AvgIpc) is 2.61. The van der Waals surface area contributed by atoms with Gasteiger partial charge in [-0.15, -0.1) is 0 Å². The molecule has 0 saturated carbocycles. The van der Waals surface area contributed by atoms with E-state index in [-0.39, 0.29) is 30.5 Å². The number of hydrogen-bond donors (Lipinski definition) is 1. The van der Waals surface area contributed by atoms with Crippen molar-refractivity contribution in [3.63, 3.8) is 0 Å². The fourth-order valence-electron chi connectivity index (χ4n) is 2.58. The Bertz CT molecular complexity index is 704. The quantitative estimate of drug-likeness (QED) is 0.748. The Hall–Kier alpha value is -2.69. The number of hydrogen-bond acceptors (Lipinski definition) is 2. The number of benzene rings is 2. The zero-order valence-corrected chi connectivity index (χ0v) is 14.4. The molecule has 0 heterocycles. The van der Waals surface area contributed by atoms with Crippen LogP contribution < -0.4 is 10.2 Å². The van der Waals surface area contributed by atoms with Gasteiger partial charge in [0.25, 0.3) is 0 Å². The standard InChI is InChI=1S/C20H23FN2O2/c1-16(24)23(19-12-6-5-11-18(19)21)15-13-20(25)22-14-7-10-17-8-3-2-4-9-17/h2-6,8-9,11-12H,7,10,13-15H2,1H3,(H,22,25). The Morgan fingerprint density at radius 3 is 2.40 bits per heavy atom. The van der Waals surface area contributed by atoms with Crippen LogP contribution in [-0.4, -0.2) is 24.9 Å². The van der Waals surface area contributed by atoms with E-state index in [9.17, 15) is 14.0 Å². The highest BCUT2D eigenvalue weighted by atomic mass is 19.1. The third-order valence-electron chi connectivity index (χ3n) is 3.89. The van der Waals surface area contributed by atoms with E-state index in [1.165, 1.54) is 29.5 Å². The molecule has 0 saturated heterocycles. The first-order chi connectivity index (χ1) is 12.1. The smallest absolute Gasteiger partial charge is 0.223 e. The fourth-order valence-corrected chi connectivity index (χ4v) is 2.58. The Morgan fingerprint density at radius 2 is 1.72 bits per heavy atom. The van der Waals surface area contributed by atoms with Crippen molar-refractivity contribution in [3.05, 3.63) is 66.0 Å².